The molecule has 0 unspecified atom stereocenters. The highest BCUT2D eigenvalue weighted by atomic mass is 35.5. The normalized spacial score (nSPS) is 10.8. The van der Waals surface area contributed by atoms with E-state index < -0.39 is 0 Å². The van der Waals surface area contributed by atoms with Crippen molar-refractivity contribution in [3.63, 3.8) is 0 Å². The zero-order chi connectivity index (χ0) is 14.8. The summed E-state index contributed by atoms with van der Waals surface area (Å²) >= 11 is 11.9. The van der Waals surface area contributed by atoms with Crippen LogP contribution in [-0.4, -0.2) is 9.97 Å². The molecule has 0 amide bonds. The van der Waals surface area contributed by atoms with Crippen LogP contribution in [0, 0.1) is 0 Å². The Bertz CT molecular complexity index is 683. The molecule has 21 heavy (non-hydrogen) atoms. The maximum absolute atomic E-state index is 5.95. The fourth-order valence-corrected chi connectivity index (χ4v) is 2.41. The molecule has 3 N–H and O–H groups in total. The Labute approximate surface area is 132 Å². The number of rotatable bonds is 3. The van der Waals surface area contributed by atoms with Gasteiger partial charge in [0.1, 0.15) is 5.82 Å². The molecule has 0 aliphatic heterocycles. The summed E-state index contributed by atoms with van der Waals surface area (Å²) in [7, 11) is 0. The highest BCUT2D eigenvalue weighted by Crippen LogP contribution is 2.31. The van der Waals surface area contributed by atoms with Crippen molar-refractivity contribution in [1.29, 1.82) is 0 Å². The van der Waals surface area contributed by atoms with Crippen molar-refractivity contribution in [1.82, 2.24) is 9.97 Å². The van der Waals surface area contributed by atoms with Gasteiger partial charge in [-0.25, -0.2) is 4.98 Å². The quantitative estimate of drug-likeness (QED) is 0.746. The van der Waals surface area contributed by atoms with E-state index in [1.807, 2.05) is 48.5 Å². The van der Waals surface area contributed by atoms with Crippen LogP contribution in [0.15, 0.2) is 48.5 Å². The lowest BCUT2D eigenvalue weighted by atomic mass is 10.1. The molecule has 0 aliphatic carbocycles. The van der Waals surface area contributed by atoms with Crippen LogP contribution in [0.25, 0.3) is 22.5 Å². The molecular weight excluding hydrogens is 305 g/mol. The summed E-state index contributed by atoms with van der Waals surface area (Å²) in [6.07, 6.45) is 0. The summed E-state index contributed by atoms with van der Waals surface area (Å²) in [5.74, 6) is 0.741. The van der Waals surface area contributed by atoms with Crippen LogP contribution >= 0.6 is 23.2 Å². The van der Waals surface area contributed by atoms with Crippen molar-refractivity contribution in [2.24, 2.45) is 5.73 Å². The van der Waals surface area contributed by atoms with Crippen molar-refractivity contribution in [2.75, 3.05) is 0 Å². The second-order valence-corrected chi connectivity index (χ2v) is 5.50. The number of H-pyrrole nitrogens is 1. The number of nitrogens with zero attached hydrogens (tertiary/aromatic N) is 1. The number of hydrogen-bond acceptors (Lipinski definition) is 2. The molecule has 0 spiro atoms. The number of nitrogens with one attached hydrogen (secondary N) is 1. The second kappa shape index (κ2) is 5.90. The van der Waals surface area contributed by atoms with E-state index in [1.54, 1.807) is 0 Å². The third kappa shape index (κ3) is 2.95. The summed E-state index contributed by atoms with van der Waals surface area (Å²) < 4.78 is 0. The SMILES string of the molecule is NCc1nc(-c2ccc(Cl)cc2)c(-c2ccc(Cl)cc2)[nH]1. The lowest BCUT2D eigenvalue weighted by Crippen LogP contribution is -1.97. The number of hydrogen-bond donors (Lipinski definition) is 2. The van der Waals surface area contributed by atoms with Gasteiger partial charge in [-0.1, -0.05) is 47.5 Å². The second-order valence-electron chi connectivity index (χ2n) is 4.63. The van der Waals surface area contributed by atoms with Crippen LogP contribution < -0.4 is 5.73 Å². The van der Waals surface area contributed by atoms with Gasteiger partial charge in [-0.05, 0) is 24.3 Å². The zero-order valence-electron chi connectivity index (χ0n) is 11.1. The van der Waals surface area contributed by atoms with E-state index in [-0.39, 0.29) is 0 Å². The van der Waals surface area contributed by atoms with Crippen LogP contribution in [0.2, 0.25) is 10.0 Å². The molecule has 3 nitrogen and oxygen atoms in total. The Morgan fingerprint density at radius 1 is 0.857 bits per heavy atom. The minimum absolute atomic E-state index is 0.355. The summed E-state index contributed by atoms with van der Waals surface area (Å²) in [6.45, 7) is 0.355. The van der Waals surface area contributed by atoms with Gasteiger partial charge < -0.3 is 10.7 Å². The van der Waals surface area contributed by atoms with Crippen LogP contribution in [0.1, 0.15) is 5.82 Å². The first-order valence-corrected chi connectivity index (χ1v) is 7.24. The van der Waals surface area contributed by atoms with Gasteiger partial charge in [-0.3, -0.25) is 0 Å². The van der Waals surface area contributed by atoms with Crippen molar-refractivity contribution in [3.8, 4) is 22.5 Å². The molecule has 3 aromatic rings. The van der Waals surface area contributed by atoms with Gasteiger partial charge in [0, 0.05) is 21.2 Å². The molecule has 0 atom stereocenters. The Balaban J connectivity index is 2.13. The van der Waals surface area contributed by atoms with E-state index in [4.69, 9.17) is 28.9 Å². The molecule has 0 saturated heterocycles. The molecular formula is C16H13Cl2N3. The maximum Gasteiger partial charge on any atom is 0.121 e. The van der Waals surface area contributed by atoms with Gasteiger partial charge in [-0.15, -0.1) is 0 Å². The first-order chi connectivity index (χ1) is 10.2. The molecule has 0 radical (unpaired) electrons. The van der Waals surface area contributed by atoms with Gasteiger partial charge in [-0.2, -0.15) is 0 Å². The minimum Gasteiger partial charge on any atom is -0.340 e. The van der Waals surface area contributed by atoms with Gasteiger partial charge in [0.05, 0.1) is 17.9 Å². The highest BCUT2D eigenvalue weighted by Gasteiger charge is 2.13. The number of aromatic amines is 1. The van der Waals surface area contributed by atoms with E-state index in [1.165, 1.54) is 0 Å². The Morgan fingerprint density at radius 2 is 1.38 bits per heavy atom. The lowest BCUT2D eigenvalue weighted by molar-refractivity contribution is 0.951. The Hall–Kier alpha value is -1.81. The topological polar surface area (TPSA) is 54.7 Å². The predicted octanol–water partition coefficient (Wildman–Crippen LogP) is 4.51. The molecule has 2 aromatic carbocycles. The number of halogens is 2. The summed E-state index contributed by atoms with van der Waals surface area (Å²) in [5.41, 5.74) is 9.48. The maximum atomic E-state index is 5.95. The van der Waals surface area contributed by atoms with E-state index in [0.29, 0.717) is 16.6 Å². The van der Waals surface area contributed by atoms with E-state index in [9.17, 15) is 0 Å². The summed E-state index contributed by atoms with van der Waals surface area (Å²) in [4.78, 5) is 7.84. The van der Waals surface area contributed by atoms with Crippen LogP contribution in [-0.2, 0) is 6.54 Å². The average Bonchev–Trinajstić information content (AvgIpc) is 2.93. The van der Waals surface area contributed by atoms with Gasteiger partial charge in [0.2, 0.25) is 0 Å². The lowest BCUT2D eigenvalue weighted by Gasteiger charge is -2.03. The third-order valence-corrected chi connectivity index (χ3v) is 3.70. The highest BCUT2D eigenvalue weighted by molar-refractivity contribution is 6.31. The number of benzene rings is 2. The fourth-order valence-electron chi connectivity index (χ4n) is 2.16. The summed E-state index contributed by atoms with van der Waals surface area (Å²) in [6, 6.07) is 15.2. The van der Waals surface area contributed by atoms with Crippen LogP contribution in [0.3, 0.4) is 0 Å². The van der Waals surface area contributed by atoms with Crippen LogP contribution in [0.5, 0.6) is 0 Å². The number of aromatic nitrogens is 2. The van der Waals surface area contributed by atoms with Gasteiger partial charge in [0.15, 0.2) is 0 Å². The first kappa shape index (κ1) is 14.1. The van der Waals surface area contributed by atoms with Crippen molar-refractivity contribution < 1.29 is 0 Å². The van der Waals surface area contributed by atoms with E-state index >= 15 is 0 Å². The first-order valence-electron chi connectivity index (χ1n) is 6.48. The molecule has 1 heterocycles. The molecule has 0 saturated carbocycles. The predicted molar refractivity (Wildman–Crippen MR) is 87.4 cm³/mol. The van der Waals surface area contributed by atoms with Gasteiger partial charge >= 0.3 is 0 Å². The van der Waals surface area contributed by atoms with Crippen LogP contribution in [0.4, 0.5) is 0 Å². The van der Waals surface area contributed by atoms with E-state index in [2.05, 4.69) is 9.97 Å². The Kier molecular flexibility index (Phi) is 3.97. The third-order valence-electron chi connectivity index (χ3n) is 3.20. The van der Waals surface area contributed by atoms with Crippen molar-refractivity contribution in [3.05, 3.63) is 64.4 Å². The largest absolute Gasteiger partial charge is 0.340 e. The smallest absolute Gasteiger partial charge is 0.121 e. The molecule has 0 fully saturated rings. The van der Waals surface area contributed by atoms with Gasteiger partial charge in [0.25, 0.3) is 0 Å². The monoisotopic (exact) mass is 317 g/mol. The molecule has 3 rings (SSSR count). The minimum atomic E-state index is 0.355. The molecule has 0 bridgehead atoms. The molecule has 106 valence electrons. The molecule has 0 aliphatic rings. The summed E-state index contributed by atoms with van der Waals surface area (Å²) in [5, 5.41) is 1.40. The Morgan fingerprint density at radius 3 is 1.90 bits per heavy atom. The fraction of sp³-hybridized carbons (Fsp3) is 0.0625. The zero-order valence-corrected chi connectivity index (χ0v) is 12.6. The number of imidazole rings is 1. The number of nitrogens with two attached hydrogens (primary N) is 1. The van der Waals surface area contributed by atoms with Crippen molar-refractivity contribution >= 4 is 23.2 Å². The molecule has 5 heteroatoms. The van der Waals surface area contributed by atoms with Crippen molar-refractivity contribution in [2.45, 2.75) is 6.54 Å². The standard InChI is InChI=1S/C16H13Cl2N3/c17-12-5-1-10(2-6-12)15-16(21-14(9-19)20-15)11-3-7-13(18)8-4-11/h1-8H,9,19H2,(H,20,21). The van der Waals surface area contributed by atoms with E-state index in [0.717, 1.165) is 28.3 Å². The average molecular weight is 318 g/mol. The molecule has 1 aromatic heterocycles.